The van der Waals surface area contributed by atoms with Gasteiger partial charge in [-0.25, -0.2) is 9.78 Å². The molecule has 1 N–H and O–H groups in total. The second-order valence-electron chi connectivity index (χ2n) is 5.37. The van der Waals surface area contributed by atoms with Gasteiger partial charge in [-0.05, 0) is 25.2 Å². The Morgan fingerprint density at radius 2 is 2.11 bits per heavy atom. The fourth-order valence-corrected chi connectivity index (χ4v) is 3.26. The van der Waals surface area contributed by atoms with Crippen LogP contribution in [0.4, 0.5) is 5.13 Å². The van der Waals surface area contributed by atoms with Gasteiger partial charge >= 0.3 is 5.97 Å². The molecule has 0 radical (unpaired) electrons. The molecule has 0 unspecified atom stereocenters. The van der Waals surface area contributed by atoms with Crippen molar-refractivity contribution in [1.29, 1.82) is 0 Å². The number of thiazole rings is 1. The summed E-state index contributed by atoms with van der Waals surface area (Å²) in [7, 11) is 0. The van der Waals surface area contributed by atoms with Crippen LogP contribution in [-0.4, -0.2) is 29.1 Å². The lowest BCUT2D eigenvalue weighted by Crippen LogP contribution is -2.38. The number of hydrogen-bond donors (Lipinski definition) is 1. The number of hydrogen-bond acceptors (Lipinski definition) is 4. The summed E-state index contributed by atoms with van der Waals surface area (Å²) in [6, 6.07) is 0. The molecular formula is C13H20N2O2S. The molecule has 0 aromatic carbocycles. The lowest BCUT2D eigenvalue weighted by Gasteiger charge is -2.38. The van der Waals surface area contributed by atoms with Gasteiger partial charge < -0.3 is 10.0 Å². The Morgan fingerprint density at radius 1 is 1.50 bits per heavy atom. The molecule has 100 valence electrons. The molecule has 4 nitrogen and oxygen atoms in total. The summed E-state index contributed by atoms with van der Waals surface area (Å²) in [6.45, 7) is 8.31. The topological polar surface area (TPSA) is 53.4 Å². The van der Waals surface area contributed by atoms with Crippen molar-refractivity contribution in [2.24, 2.45) is 5.41 Å². The first kappa shape index (κ1) is 13.3. The highest BCUT2D eigenvalue weighted by molar-refractivity contribution is 7.17. The summed E-state index contributed by atoms with van der Waals surface area (Å²) in [5, 5.41) is 9.91. The fraction of sp³-hybridized carbons (Fsp3) is 0.692. The molecule has 2 heterocycles. The highest BCUT2D eigenvalue weighted by Crippen LogP contribution is 2.37. The van der Waals surface area contributed by atoms with E-state index in [0.717, 1.165) is 31.1 Å². The molecule has 1 aromatic heterocycles. The van der Waals surface area contributed by atoms with Crippen molar-refractivity contribution in [3.8, 4) is 0 Å². The molecule has 1 aliphatic heterocycles. The Balaban J connectivity index is 2.10. The van der Waals surface area contributed by atoms with Gasteiger partial charge in [0.25, 0.3) is 0 Å². The van der Waals surface area contributed by atoms with Gasteiger partial charge in [0.1, 0.15) is 4.88 Å². The number of anilines is 1. The van der Waals surface area contributed by atoms with E-state index >= 15 is 0 Å². The van der Waals surface area contributed by atoms with E-state index in [2.05, 4.69) is 23.7 Å². The molecular weight excluding hydrogens is 248 g/mol. The summed E-state index contributed by atoms with van der Waals surface area (Å²) >= 11 is 1.30. The number of nitrogens with zero attached hydrogens (tertiary/aromatic N) is 2. The van der Waals surface area contributed by atoms with Crippen molar-refractivity contribution < 1.29 is 9.90 Å². The normalized spacial score (nSPS) is 18.9. The van der Waals surface area contributed by atoms with Gasteiger partial charge in [0, 0.05) is 13.1 Å². The van der Waals surface area contributed by atoms with Crippen LogP contribution < -0.4 is 4.90 Å². The van der Waals surface area contributed by atoms with Gasteiger partial charge in [-0.2, -0.15) is 0 Å². The van der Waals surface area contributed by atoms with E-state index in [4.69, 9.17) is 5.11 Å². The molecule has 0 bridgehead atoms. The van der Waals surface area contributed by atoms with Crippen LogP contribution in [0.3, 0.4) is 0 Å². The first-order chi connectivity index (χ1) is 8.45. The Morgan fingerprint density at radius 3 is 2.56 bits per heavy atom. The van der Waals surface area contributed by atoms with E-state index in [0.29, 0.717) is 16.0 Å². The summed E-state index contributed by atoms with van der Waals surface area (Å²) < 4.78 is 0. The Labute approximate surface area is 112 Å². The van der Waals surface area contributed by atoms with E-state index in [1.165, 1.54) is 17.8 Å². The van der Waals surface area contributed by atoms with Gasteiger partial charge in [-0.1, -0.05) is 31.6 Å². The largest absolute Gasteiger partial charge is 0.477 e. The number of piperidine rings is 1. The maximum atomic E-state index is 11.0. The minimum absolute atomic E-state index is 0.369. The Hall–Kier alpha value is -1.10. The monoisotopic (exact) mass is 268 g/mol. The highest BCUT2D eigenvalue weighted by atomic mass is 32.1. The van der Waals surface area contributed by atoms with E-state index < -0.39 is 5.97 Å². The summed E-state index contributed by atoms with van der Waals surface area (Å²) in [5.41, 5.74) is 1.07. The quantitative estimate of drug-likeness (QED) is 0.915. The van der Waals surface area contributed by atoms with Crippen molar-refractivity contribution >= 4 is 22.4 Å². The number of aryl methyl sites for hydroxylation is 1. The number of rotatable bonds is 3. The molecule has 18 heavy (non-hydrogen) atoms. The van der Waals surface area contributed by atoms with Crippen molar-refractivity contribution in [2.75, 3.05) is 18.0 Å². The van der Waals surface area contributed by atoms with Crippen molar-refractivity contribution in [1.82, 2.24) is 4.98 Å². The minimum atomic E-state index is -0.869. The molecule has 0 amide bonds. The molecule has 1 fully saturated rings. The molecule has 5 heteroatoms. The first-order valence-corrected chi connectivity index (χ1v) is 7.22. The van der Waals surface area contributed by atoms with E-state index in [-0.39, 0.29) is 0 Å². The summed E-state index contributed by atoms with van der Waals surface area (Å²) in [4.78, 5) is 18.0. The zero-order valence-electron chi connectivity index (χ0n) is 11.2. The fourth-order valence-electron chi connectivity index (χ4n) is 2.31. The number of aromatic carboxylic acids is 1. The SMILES string of the molecule is CCC1(C)CCN(c2nc(C)c(C(=O)O)s2)CC1. The van der Waals surface area contributed by atoms with Gasteiger partial charge in [0.15, 0.2) is 5.13 Å². The van der Waals surface area contributed by atoms with Crippen molar-refractivity contribution in [2.45, 2.75) is 40.0 Å². The number of carbonyl (C=O) groups is 1. The maximum Gasteiger partial charge on any atom is 0.347 e. The zero-order chi connectivity index (χ0) is 13.3. The average molecular weight is 268 g/mol. The predicted octanol–water partition coefficient (Wildman–Crippen LogP) is 3.17. The molecule has 2 rings (SSSR count). The summed E-state index contributed by atoms with van der Waals surface area (Å²) in [6.07, 6.45) is 3.52. The van der Waals surface area contributed by atoms with E-state index in [1.54, 1.807) is 6.92 Å². The molecule has 1 aliphatic rings. The molecule has 0 aliphatic carbocycles. The van der Waals surface area contributed by atoms with Gasteiger partial charge in [0.2, 0.25) is 0 Å². The summed E-state index contributed by atoms with van der Waals surface area (Å²) in [5.74, 6) is -0.869. The lowest BCUT2D eigenvalue weighted by molar-refractivity contribution is 0.0701. The van der Waals surface area contributed by atoms with Crippen LogP contribution in [0.25, 0.3) is 0 Å². The number of carboxylic acid groups (broad SMARTS) is 1. The molecule has 0 saturated carbocycles. The third-order valence-corrected chi connectivity index (χ3v) is 5.28. The minimum Gasteiger partial charge on any atom is -0.477 e. The number of carboxylic acids is 1. The predicted molar refractivity (Wildman–Crippen MR) is 73.7 cm³/mol. The lowest BCUT2D eigenvalue weighted by atomic mass is 9.78. The number of aromatic nitrogens is 1. The van der Waals surface area contributed by atoms with Gasteiger partial charge in [0.05, 0.1) is 5.69 Å². The average Bonchev–Trinajstić information content (AvgIpc) is 2.72. The zero-order valence-corrected chi connectivity index (χ0v) is 12.0. The maximum absolute atomic E-state index is 11.0. The smallest absolute Gasteiger partial charge is 0.347 e. The van der Waals surface area contributed by atoms with Crippen LogP contribution in [0, 0.1) is 12.3 Å². The van der Waals surface area contributed by atoms with Crippen molar-refractivity contribution in [3.63, 3.8) is 0 Å². The third-order valence-electron chi connectivity index (χ3n) is 4.07. The highest BCUT2D eigenvalue weighted by Gasteiger charge is 2.30. The van der Waals surface area contributed by atoms with Crippen LogP contribution in [0.1, 0.15) is 48.5 Å². The van der Waals surface area contributed by atoms with Crippen LogP contribution >= 0.6 is 11.3 Å². The molecule has 1 saturated heterocycles. The van der Waals surface area contributed by atoms with Crippen LogP contribution in [-0.2, 0) is 0 Å². The van der Waals surface area contributed by atoms with E-state index in [1.807, 2.05) is 0 Å². The standard InChI is InChI=1S/C13H20N2O2S/c1-4-13(3)5-7-15(8-6-13)12-14-9(2)10(18-12)11(16)17/h4-8H2,1-3H3,(H,16,17). The molecule has 0 spiro atoms. The van der Waals surface area contributed by atoms with Gasteiger partial charge in [-0.3, -0.25) is 0 Å². The van der Waals surface area contributed by atoms with Crippen molar-refractivity contribution in [3.05, 3.63) is 10.6 Å². The second kappa shape index (κ2) is 4.88. The second-order valence-corrected chi connectivity index (χ2v) is 6.34. The third kappa shape index (κ3) is 2.51. The Kier molecular flexibility index (Phi) is 3.61. The molecule has 0 atom stereocenters. The van der Waals surface area contributed by atoms with Crippen LogP contribution in [0.2, 0.25) is 0 Å². The first-order valence-electron chi connectivity index (χ1n) is 6.41. The van der Waals surface area contributed by atoms with Crippen LogP contribution in [0.15, 0.2) is 0 Å². The van der Waals surface area contributed by atoms with Gasteiger partial charge in [-0.15, -0.1) is 0 Å². The van der Waals surface area contributed by atoms with Crippen LogP contribution in [0.5, 0.6) is 0 Å². The molecule has 1 aromatic rings. The van der Waals surface area contributed by atoms with E-state index in [9.17, 15) is 4.79 Å². The Bertz CT molecular complexity index is 448.